The molecule has 0 aliphatic carbocycles. The molecule has 0 atom stereocenters. The first-order valence-electron chi connectivity index (χ1n) is 5.85. The third-order valence-electron chi connectivity index (χ3n) is 3.31. The fourth-order valence-electron chi connectivity index (χ4n) is 2.35. The van der Waals surface area contributed by atoms with Crippen molar-refractivity contribution >= 4 is 16.8 Å². The summed E-state index contributed by atoms with van der Waals surface area (Å²) in [7, 11) is 0. The topological polar surface area (TPSA) is 45.5 Å². The predicted molar refractivity (Wildman–Crippen MR) is 64.3 cm³/mol. The number of hydrogen-bond acceptors (Lipinski definition) is 2. The van der Waals surface area contributed by atoms with Crippen molar-refractivity contribution in [1.29, 1.82) is 0 Å². The summed E-state index contributed by atoms with van der Waals surface area (Å²) in [4.78, 5) is 14.0. The minimum atomic E-state index is 0.0607. The summed E-state index contributed by atoms with van der Waals surface area (Å²) in [5, 5.41) is 10.5. The summed E-state index contributed by atoms with van der Waals surface area (Å²) in [6.45, 7) is 1.69. The Bertz CT molecular complexity index is 568. The highest BCUT2D eigenvalue weighted by Crippen LogP contribution is 2.19. The molecular formula is C13H14N2O2. The molecule has 1 aliphatic heterocycles. The van der Waals surface area contributed by atoms with Gasteiger partial charge in [0, 0.05) is 30.2 Å². The molecule has 1 saturated heterocycles. The first-order chi connectivity index (χ1) is 8.25. The number of carbonyl (C=O) groups excluding carboxylic acids is 1. The number of aromatic nitrogens is 1. The van der Waals surface area contributed by atoms with Crippen molar-refractivity contribution in [3.63, 3.8) is 0 Å². The lowest BCUT2D eigenvalue weighted by molar-refractivity contribution is 0.0793. The Hall–Kier alpha value is -1.97. The summed E-state index contributed by atoms with van der Waals surface area (Å²) in [6, 6.07) is 7.25. The van der Waals surface area contributed by atoms with Gasteiger partial charge in [0.25, 0.3) is 5.91 Å². The highest BCUT2D eigenvalue weighted by Gasteiger charge is 2.19. The van der Waals surface area contributed by atoms with Crippen LogP contribution in [0, 0.1) is 0 Å². The number of likely N-dealkylation sites (tertiary alicyclic amines) is 1. The Balaban J connectivity index is 1.99. The molecule has 2 aromatic rings. The predicted octanol–water partition coefficient (Wildman–Crippen LogP) is 2.11. The second kappa shape index (κ2) is 3.80. The van der Waals surface area contributed by atoms with Crippen molar-refractivity contribution in [1.82, 2.24) is 9.63 Å². The van der Waals surface area contributed by atoms with Gasteiger partial charge in [-0.15, -0.1) is 0 Å². The van der Waals surface area contributed by atoms with E-state index in [0.29, 0.717) is 11.1 Å². The molecule has 0 radical (unpaired) electrons. The quantitative estimate of drug-likeness (QED) is 0.763. The van der Waals surface area contributed by atoms with Crippen molar-refractivity contribution in [2.45, 2.75) is 12.8 Å². The van der Waals surface area contributed by atoms with E-state index >= 15 is 0 Å². The summed E-state index contributed by atoms with van der Waals surface area (Å²) in [6.07, 6.45) is 3.75. The highest BCUT2D eigenvalue weighted by molar-refractivity contribution is 5.98. The summed E-state index contributed by atoms with van der Waals surface area (Å²) < 4.78 is 1.05. The molecule has 1 aliphatic rings. The molecule has 17 heavy (non-hydrogen) atoms. The van der Waals surface area contributed by atoms with Gasteiger partial charge in [0.05, 0.1) is 5.52 Å². The molecule has 0 unspecified atom stereocenters. The normalized spacial score (nSPS) is 15.6. The van der Waals surface area contributed by atoms with Gasteiger partial charge in [-0.1, -0.05) is 6.07 Å². The van der Waals surface area contributed by atoms with Gasteiger partial charge in [0.1, 0.15) is 0 Å². The minimum Gasteiger partial charge on any atom is -0.428 e. The van der Waals surface area contributed by atoms with Crippen LogP contribution < -0.4 is 0 Å². The monoisotopic (exact) mass is 230 g/mol. The average Bonchev–Trinajstić information content (AvgIpc) is 2.98. The Morgan fingerprint density at radius 3 is 2.71 bits per heavy atom. The zero-order chi connectivity index (χ0) is 11.8. The van der Waals surface area contributed by atoms with Crippen LogP contribution in [0.4, 0.5) is 0 Å². The van der Waals surface area contributed by atoms with Crippen molar-refractivity contribution in [2.24, 2.45) is 0 Å². The zero-order valence-corrected chi connectivity index (χ0v) is 9.47. The number of fused-ring (bicyclic) bond motifs is 1. The highest BCUT2D eigenvalue weighted by atomic mass is 16.5. The van der Waals surface area contributed by atoms with Gasteiger partial charge in [-0.3, -0.25) is 4.79 Å². The third kappa shape index (κ3) is 1.65. The van der Waals surface area contributed by atoms with E-state index in [0.717, 1.165) is 36.0 Å². The lowest BCUT2D eigenvalue weighted by Gasteiger charge is -2.15. The Morgan fingerprint density at radius 2 is 1.94 bits per heavy atom. The number of benzene rings is 1. The van der Waals surface area contributed by atoms with Gasteiger partial charge in [-0.25, -0.2) is 0 Å². The van der Waals surface area contributed by atoms with Crippen LogP contribution in [0.5, 0.6) is 0 Å². The Labute approximate surface area is 99.0 Å². The fraction of sp³-hybridized carbons (Fsp3) is 0.308. The Kier molecular flexibility index (Phi) is 2.28. The fourth-order valence-corrected chi connectivity index (χ4v) is 2.35. The van der Waals surface area contributed by atoms with E-state index in [1.807, 2.05) is 23.1 Å². The maximum absolute atomic E-state index is 12.2. The van der Waals surface area contributed by atoms with Crippen molar-refractivity contribution < 1.29 is 10.0 Å². The zero-order valence-electron chi connectivity index (χ0n) is 9.47. The molecule has 0 bridgehead atoms. The number of amides is 1. The van der Waals surface area contributed by atoms with E-state index in [9.17, 15) is 10.0 Å². The van der Waals surface area contributed by atoms with Crippen molar-refractivity contribution in [3.8, 4) is 0 Å². The van der Waals surface area contributed by atoms with E-state index in [1.165, 1.54) is 0 Å². The molecule has 3 rings (SSSR count). The molecule has 1 aromatic carbocycles. The molecule has 1 N–H and O–H groups in total. The van der Waals surface area contributed by atoms with Crippen LogP contribution in [0.25, 0.3) is 10.9 Å². The number of rotatable bonds is 1. The first-order valence-corrected chi connectivity index (χ1v) is 5.85. The van der Waals surface area contributed by atoms with E-state index in [4.69, 9.17) is 0 Å². The number of nitrogens with zero attached hydrogens (tertiary/aromatic N) is 2. The van der Waals surface area contributed by atoms with Crippen LogP contribution in [0.1, 0.15) is 23.2 Å². The smallest absolute Gasteiger partial charge is 0.253 e. The Morgan fingerprint density at radius 1 is 1.18 bits per heavy atom. The minimum absolute atomic E-state index is 0.0607. The van der Waals surface area contributed by atoms with Crippen LogP contribution in [-0.4, -0.2) is 33.8 Å². The molecule has 0 spiro atoms. The average molecular weight is 230 g/mol. The van der Waals surface area contributed by atoms with Crippen LogP contribution >= 0.6 is 0 Å². The van der Waals surface area contributed by atoms with Crippen molar-refractivity contribution in [3.05, 3.63) is 36.0 Å². The lowest BCUT2D eigenvalue weighted by Crippen LogP contribution is -2.27. The second-order valence-electron chi connectivity index (χ2n) is 4.43. The van der Waals surface area contributed by atoms with Gasteiger partial charge < -0.3 is 10.1 Å². The SMILES string of the molecule is O=C(c1ccc2ccn(O)c2c1)N1CCCC1. The van der Waals surface area contributed by atoms with E-state index < -0.39 is 0 Å². The van der Waals surface area contributed by atoms with Gasteiger partial charge >= 0.3 is 0 Å². The standard InChI is InChI=1S/C13H14N2O2/c16-13(14-6-1-2-7-14)11-4-3-10-5-8-15(17)12(10)9-11/h3-5,8-9,17H,1-2,6-7H2. The molecule has 1 fully saturated rings. The summed E-state index contributed by atoms with van der Waals surface area (Å²) >= 11 is 0. The van der Waals surface area contributed by atoms with Crippen molar-refractivity contribution in [2.75, 3.05) is 13.1 Å². The maximum Gasteiger partial charge on any atom is 0.253 e. The summed E-state index contributed by atoms with van der Waals surface area (Å²) in [5.41, 5.74) is 1.32. The van der Waals surface area contributed by atoms with Crippen LogP contribution in [0.3, 0.4) is 0 Å². The molecule has 4 nitrogen and oxygen atoms in total. The second-order valence-corrected chi connectivity index (χ2v) is 4.43. The van der Waals surface area contributed by atoms with Gasteiger partial charge in [0.2, 0.25) is 0 Å². The maximum atomic E-state index is 12.2. The van der Waals surface area contributed by atoms with Gasteiger partial charge in [-0.2, -0.15) is 4.73 Å². The summed E-state index contributed by atoms with van der Waals surface area (Å²) in [5.74, 6) is 0.0607. The van der Waals surface area contributed by atoms with E-state index in [2.05, 4.69) is 0 Å². The molecule has 88 valence electrons. The van der Waals surface area contributed by atoms with Crippen LogP contribution in [0.2, 0.25) is 0 Å². The molecule has 1 aromatic heterocycles. The third-order valence-corrected chi connectivity index (χ3v) is 3.31. The lowest BCUT2D eigenvalue weighted by atomic mass is 10.1. The molecule has 1 amide bonds. The molecular weight excluding hydrogens is 216 g/mol. The van der Waals surface area contributed by atoms with E-state index in [1.54, 1.807) is 12.3 Å². The van der Waals surface area contributed by atoms with Crippen LogP contribution in [-0.2, 0) is 0 Å². The molecule has 0 saturated carbocycles. The van der Waals surface area contributed by atoms with Crippen LogP contribution in [0.15, 0.2) is 30.5 Å². The number of carbonyl (C=O) groups is 1. The number of hydrogen-bond donors (Lipinski definition) is 1. The van der Waals surface area contributed by atoms with Gasteiger partial charge in [0.15, 0.2) is 0 Å². The first kappa shape index (κ1) is 10.2. The van der Waals surface area contributed by atoms with E-state index in [-0.39, 0.29) is 5.91 Å². The molecule has 2 heterocycles. The van der Waals surface area contributed by atoms with Gasteiger partial charge in [-0.05, 0) is 31.0 Å². The molecule has 4 heteroatoms. The largest absolute Gasteiger partial charge is 0.428 e.